The molecule has 5 aromatic carbocycles. The van der Waals surface area contributed by atoms with Gasteiger partial charge in [0, 0.05) is 38.0 Å². The van der Waals surface area contributed by atoms with Crippen LogP contribution in [0.5, 0.6) is 17.2 Å². The zero-order chi connectivity index (χ0) is 38.2. The second-order valence-electron chi connectivity index (χ2n) is 17.1. The van der Waals surface area contributed by atoms with Crippen LogP contribution in [0.15, 0.2) is 119 Å². The van der Waals surface area contributed by atoms with Crippen molar-refractivity contribution in [3.05, 3.63) is 137 Å². The number of furan rings is 1. The Morgan fingerprint density at radius 2 is 1.33 bits per heavy atom. The molecule has 2 heterocycles. The van der Waals surface area contributed by atoms with Crippen molar-refractivity contribution >= 4 is 28.6 Å². The molecule has 1 aromatic heterocycles. The minimum Gasteiger partial charge on any atom is -0.494 e. The minimum atomic E-state index is -0.920. The van der Waals surface area contributed by atoms with E-state index in [2.05, 4.69) is 137 Å². The molecule has 0 saturated heterocycles. The van der Waals surface area contributed by atoms with Crippen LogP contribution in [-0.4, -0.2) is 19.5 Å². The van der Waals surface area contributed by atoms with Crippen molar-refractivity contribution in [2.24, 2.45) is 10.8 Å². The molecule has 0 radical (unpaired) electrons. The fourth-order valence-corrected chi connectivity index (χ4v) is 11.5. The maximum atomic E-state index is 7.81. The largest absolute Gasteiger partial charge is 0.494 e. The molecule has 1 spiro atoms. The van der Waals surface area contributed by atoms with Gasteiger partial charge in [0.05, 0.1) is 19.5 Å². The van der Waals surface area contributed by atoms with Crippen LogP contribution in [0.3, 0.4) is 0 Å². The monoisotopic (exact) mass is 746 g/mol. The quantitative estimate of drug-likeness (QED) is 0.145. The van der Waals surface area contributed by atoms with E-state index >= 15 is 0 Å². The lowest BCUT2D eigenvalue weighted by Gasteiger charge is -2.52. The van der Waals surface area contributed by atoms with Crippen LogP contribution in [0.25, 0.3) is 39.3 Å². The van der Waals surface area contributed by atoms with Crippen molar-refractivity contribution in [2.45, 2.75) is 76.7 Å². The first-order valence-electron chi connectivity index (χ1n) is 19.7. The summed E-state index contributed by atoms with van der Waals surface area (Å²) < 4.78 is 25.7. The molecule has 0 atom stereocenters. The van der Waals surface area contributed by atoms with Crippen LogP contribution in [0, 0.1) is 10.8 Å². The molecule has 4 nitrogen and oxygen atoms in total. The van der Waals surface area contributed by atoms with Crippen molar-refractivity contribution in [3.8, 4) is 39.7 Å². The van der Waals surface area contributed by atoms with Crippen LogP contribution in [-0.2, 0) is 11.0 Å². The van der Waals surface area contributed by atoms with Crippen LogP contribution in [0.2, 0.25) is 0 Å². The van der Waals surface area contributed by atoms with E-state index in [9.17, 15) is 0 Å². The minimum absolute atomic E-state index is 0.138. The van der Waals surface area contributed by atoms with Crippen molar-refractivity contribution < 1.29 is 18.6 Å². The third-order valence-electron chi connectivity index (χ3n) is 12.0. The van der Waals surface area contributed by atoms with Gasteiger partial charge >= 0.3 is 0 Å². The Kier molecular flexibility index (Phi) is 8.54. The Morgan fingerprint density at radius 3 is 1.91 bits per heavy atom. The smallest absolute Gasteiger partial charge is 0.178 e. The van der Waals surface area contributed by atoms with Gasteiger partial charge in [-0.3, -0.25) is 0 Å². The molecule has 6 aromatic rings. The lowest BCUT2D eigenvalue weighted by molar-refractivity contribution is 0.0642. The molecular formula is C50H50O4S. The van der Waals surface area contributed by atoms with Crippen LogP contribution in [0.1, 0.15) is 88.6 Å². The number of ether oxygens (including phenoxy) is 3. The first-order valence-corrected chi connectivity index (χ1v) is 20.9. The van der Waals surface area contributed by atoms with Crippen LogP contribution < -0.4 is 14.2 Å². The fourth-order valence-electron chi connectivity index (χ4n) is 10.9. The Labute approximate surface area is 329 Å². The molecule has 0 bridgehead atoms. The van der Waals surface area contributed by atoms with Gasteiger partial charge in [-0.25, -0.2) is 0 Å². The number of hydrogen-bond donors (Lipinski definition) is 0. The summed E-state index contributed by atoms with van der Waals surface area (Å²) in [5.74, 6) is 3.44. The maximum absolute atomic E-state index is 7.81. The lowest BCUT2D eigenvalue weighted by Crippen LogP contribution is -2.44. The summed E-state index contributed by atoms with van der Waals surface area (Å²) >= 11 is 1.76. The lowest BCUT2D eigenvalue weighted by atomic mass is 9.52. The third-order valence-corrected chi connectivity index (χ3v) is 12.8. The van der Waals surface area contributed by atoms with Crippen molar-refractivity contribution in [1.29, 1.82) is 0 Å². The highest BCUT2D eigenvalue weighted by Crippen LogP contribution is 2.67. The Bertz CT molecular complexity index is 2370. The average Bonchev–Trinajstić information content (AvgIpc) is 3.80. The Morgan fingerprint density at radius 1 is 0.691 bits per heavy atom. The van der Waals surface area contributed by atoms with E-state index in [1.54, 1.807) is 18.0 Å². The topological polar surface area (TPSA) is 40.8 Å². The summed E-state index contributed by atoms with van der Waals surface area (Å²) in [7, 11) is 0. The van der Waals surface area contributed by atoms with Gasteiger partial charge in [0.1, 0.15) is 23.0 Å². The summed E-state index contributed by atoms with van der Waals surface area (Å²) in [6.45, 7) is 15.1. The van der Waals surface area contributed by atoms with E-state index in [-0.39, 0.29) is 16.2 Å². The second kappa shape index (κ2) is 13.1. The highest BCUT2D eigenvalue weighted by atomic mass is 32.2. The molecule has 55 heavy (non-hydrogen) atoms. The molecule has 9 rings (SSSR count). The summed E-state index contributed by atoms with van der Waals surface area (Å²) in [5.41, 5.74) is 9.04. The molecule has 0 unspecified atom stereocenters. The van der Waals surface area contributed by atoms with Gasteiger partial charge in [-0.15, -0.1) is 11.8 Å². The van der Waals surface area contributed by atoms with Crippen LogP contribution >= 0.6 is 11.8 Å². The van der Waals surface area contributed by atoms with E-state index in [1.165, 1.54) is 44.5 Å². The number of rotatable bonds is 8. The van der Waals surface area contributed by atoms with E-state index in [4.69, 9.17) is 18.6 Å². The average molecular weight is 747 g/mol. The SMILES string of the molecule is CCOc1ccc(C2(c3ccc(OCC)cc3)C=Cc3c4c(c5cc(SC)c(-c6ccco6)cc5c3O2)-c2ccccc2C42CC(C)(C)CC(C)(C)C2)cc1. The molecule has 2 aliphatic carbocycles. The molecule has 0 N–H and O–H groups in total. The van der Waals surface area contributed by atoms with Crippen LogP contribution in [0.4, 0.5) is 0 Å². The van der Waals surface area contributed by atoms with E-state index in [0.29, 0.717) is 13.2 Å². The zero-order valence-corrected chi connectivity index (χ0v) is 33.9. The van der Waals surface area contributed by atoms with Crippen molar-refractivity contribution in [1.82, 2.24) is 0 Å². The summed E-state index contributed by atoms with van der Waals surface area (Å²) in [6, 6.07) is 34.8. The predicted octanol–water partition coefficient (Wildman–Crippen LogP) is 13.5. The highest BCUT2D eigenvalue weighted by molar-refractivity contribution is 7.98. The Balaban J connectivity index is 1.38. The van der Waals surface area contributed by atoms with E-state index in [1.807, 2.05) is 19.9 Å². The first kappa shape index (κ1) is 35.8. The molecule has 1 saturated carbocycles. The Hall–Kier alpha value is -4.87. The fraction of sp³-hybridized carbons (Fsp3) is 0.320. The molecular weight excluding hydrogens is 697 g/mol. The van der Waals surface area contributed by atoms with Gasteiger partial charge in [-0.2, -0.15) is 0 Å². The molecule has 280 valence electrons. The normalized spacial score (nSPS) is 18.0. The van der Waals surface area contributed by atoms with Crippen molar-refractivity contribution in [2.75, 3.05) is 19.5 Å². The van der Waals surface area contributed by atoms with Gasteiger partial charge in [-0.05, 0) is 132 Å². The summed E-state index contributed by atoms with van der Waals surface area (Å²) in [5, 5.41) is 2.31. The number of benzene rings is 5. The molecule has 1 aliphatic heterocycles. The van der Waals surface area contributed by atoms with Gasteiger partial charge < -0.3 is 18.6 Å². The summed E-state index contributed by atoms with van der Waals surface area (Å²) in [4.78, 5) is 1.18. The third kappa shape index (κ3) is 5.72. The number of fused-ring (bicyclic) bond motifs is 10. The predicted molar refractivity (Wildman–Crippen MR) is 227 cm³/mol. The van der Waals surface area contributed by atoms with Gasteiger partial charge in [0.15, 0.2) is 5.60 Å². The van der Waals surface area contributed by atoms with Gasteiger partial charge in [0.2, 0.25) is 0 Å². The number of thioether (sulfide) groups is 1. The standard InChI is InChI=1S/C50H50O4S/c1-8-51-34-20-16-32(17-21-34)50(33-18-22-35(23-19-33)52-9-2)25-24-37-45-44(36-13-10-11-14-41(36)49(45)30-47(3,4)29-48(5,6)31-49)38-28-43(55-7)40(42-15-12-26-53-42)27-39(38)46(37)54-50/h10-28H,8-9,29-31H2,1-7H3. The van der Waals surface area contributed by atoms with Crippen molar-refractivity contribution in [3.63, 3.8) is 0 Å². The molecule has 5 heteroatoms. The second-order valence-corrected chi connectivity index (χ2v) is 18.0. The molecule has 1 fully saturated rings. The highest BCUT2D eigenvalue weighted by Gasteiger charge is 2.55. The maximum Gasteiger partial charge on any atom is 0.178 e. The molecule has 0 amide bonds. The zero-order valence-electron chi connectivity index (χ0n) is 33.0. The summed E-state index contributed by atoms with van der Waals surface area (Å²) in [6.07, 6.45) is 11.9. The first-order chi connectivity index (χ1) is 26.5. The van der Waals surface area contributed by atoms with Gasteiger partial charge in [0.25, 0.3) is 0 Å². The van der Waals surface area contributed by atoms with E-state index in [0.717, 1.165) is 57.9 Å². The number of hydrogen-bond acceptors (Lipinski definition) is 5. The van der Waals surface area contributed by atoms with Gasteiger partial charge in [-0.1, -0.05) is 82.3 Å². The van der Waals surface area contributed by atoms with E-state index < -0.39 is 5.60 Å². The molecule has 3 aliphatic rings.